The average molecular weight is 600 g/mol. The van der Waals surface area contributed by atoms with Gasteiger partial charge in [0, 0.05) is 18.2 Å². The zero-order chi connectivity index (χ0) is 28.5. The fourth-order valence-corrected chi connectivity index (χ4v) is 7.01. The number of fused-ring (bicyclic) bond motifs is 1. The Labute approximate surface area is 243 Å². The van der Waals surface area contributed by atoms with E-state index in [2.05, 4.69) is 10.0 Å². The number of carbonyl (C=O) groups excluding carboxylic acids is 2. The van der Waals surface area contributed by atoms with Gasteiger partial charge in [0.05, 0.1) is 26.3 Å². The highest BCUT2D eigenvalue weighted by molar-refractivity contribution is 7.89. The number of benzodiazepines with no additional fused rings is 1. The summed E-state index contributed by atoms with van der Waals surface area (Å²) in [7, 11) is -2.53. The van der Waals surface area contributed by atoms with E-state index in [1.807, 2.05) is 54.6 Å². The highest BCUT2D eigenvalue weighted by Gasteiger charge is 2.45. The molecule has 0 radical (unpaired) electrons. The van der Waals surface area contributed by atoms with Gasteiger partial charge in [-0.1, -0.05) is 91.0 Å². The zero-order valence-electron chi connectivity index (χ0n) is 21.7. The Morgan fingerprint density at radius 3 is 2.33 bits per heavy atom. The number of hydrogen-bond acceptors (Lipinski definition) is 5. The molecule has 1 unspecified atom stereocenters. The second-order valence-corrected chi connectivity index (χ2v) is 12.5. The number of halogens is 2. The van der Waals surface area contributed by atoms with E-state index < -0.39 is 33.5 Å². The van der Waals surface area contributed by atoms with E-state index in [1.165, 1.54) is 23.1 Å². The van der Waals surface area contributed by atoms with Crippen molar-refractivity contribution in [3.63, 3.8) is 0 Å². The fourth-order valence-electron chi connectivity index (χ4n) is 5.20. The molecule has 1 saturated carbocycles. The topological polar surface area (TPSA) is 108 Å². The molecule has 8 nitrogen and oxygen atoms in total. The Bertz CT molecular complexity index is 1590. The lowest BCUT2D eigenvalue weighted by atomic mass is 9.82. The minimum Gasteiger partial charge on any atom is -0.325 e. The van der Waals surface area contributed by atoms with Crippen molar-refractivity contribution in [2.45, 2.75) is 48.7 Å². The van der Waals surface area contributed by atoms with Gasteiger partial charge in [-0.05, 0) is 37.1 Å². The van der Waals surface area contributed by atoms with Crippen LogP contribution >= 0.6 is 23.2 Å². The fraction of sp³-hybridized carbons (Fsp3) is 0.276. The third-order valence-electron chi connectivity index (χ3n) is 7.33. The second-order valence-electron chi connectivity index (χ2n) is 9.96. The maximum Gasteiger partial charge on any atom is 0.272 e. The minimum absolute atomic E-state index is 0.0844. The summed E-state index contributed by atoms with van der Waals surface area (Å²) in [5, 5.41) is 3.09. The van der Waals surface area contributed by atoms with Crippen LogP contribution in [-0.4, -0.2) is 44.7 Å². The van der Waals surface area contributed by atoms with Crippen LogP contribution in [0.4, 0.5) is 5.69 Å². The van der Waals surface area contributed by atoms with Crippen LogP contribution in [0.25, 0.3) is 0 Å². The van der Waals surface area contributed by atoms with Gasteiger partial charge in [0.1, 0.15) is 5.54 Å². The number of benzene rings is 3. The van der Waals surface area contributed by atoms with Gasteiger partial charge in [-0.25, -0.2) is 13.4 Å². The van der Waals surface area contributed by atoms with Crippen LogP contribution in [0, 0.1) is 0 Å². The molecule has 0 saturated heterocycles. The Morgan fingerprint density at radius 2 is 1.62 bits per heavy atom. The maximum absolute atomic E-state index is 14.0. The largest absolute Gasteiger partial charge is 0.325 e. The number of nitrogens with zero attached hydrogens (tertiary/aromatic N) is 2. The molecule has 0 spiro atoms. The first-order valence-electron chi connectivity index (χ1n) is 12.9. The van der Waals surface area contributed by atoms with Crippen molar-refractivity contribution in [2.24, 2.45) is 4.99 Å². The van der Waals surface area contributed by atoms with Crippen LogP contribution in [0.2, 0.25) is 10.0 Å². The highest BCUT2D eigenvalue weighted by atomic mass is 35.5. The lowest BCUT2D eigenvalue weighted by Crippen LogP contribution is -2.62. The van der Waals surface area contributed by atoms with Crippen molar-refractivity contribution >= 4 is 56.4 Å². The molecule has 1 atom stereocenters. The molecule has 0 bridgehead atoms. The van der Waals surface area contributed by atoms with Gasteiger partial charge >= 0.3 is 0 Å². The molecule has 0 aromatic heterocycles. The van der Waals surface area contributed by atoms with E-state index in [9.17, 15) is 18.0 Å². The van der Waals surface area contributed by atoms with E-state index in [1.54, 1.807) is 7.05 Å². The van der Waals surface area contributed by atoms with Crippen LogP contribution in [0.3, 0.4) is 0 Å². The molecule has 2 aliphatic rings. The molecule has 1 aliphatic carbocycles. The summed E-state index contributed by atoms with van der Waals surface area (Å²) in [5.74, 6) is -1.05. The predicted molar refractivity (Wildman–Crippen MR) is 156 cm³/mol. The first-order chi connectivity index (χ1) is 19.1. The van der Waals surface area contributed by atoms with E-state index in [0.29, 0.717) is 24.2 Å². The second kappa shape index (κ2) is 11.3. The Kier molecular flexibility index (Phi) is 8.01. The summed E-state index contributed by atoms with van der Waals surface area (Å²) in [6, 6.07) is 20.8. The number of likely N-dealkylation sites (N-methyl/N-ethyl adjacent to an activating group) is 1. The number of aliphatic imine (C=N–C) groups is 1. The average Bonchev–Trinajstić information content (AvgIpc) is 3.06. The summed E-state index contributed by atoms with van der Waals surface area (Å²) in [4.78, 5) is 33.7. The molecule has 3 aromatic carbocycles. The van der Waals surface area contributed by atoms with Gasteiger partial charge in [-0.2, -0.15) is 4.72 Å². The van der Waals surface area contributed by atoms with Gasteiger partial charge in [-0.3, -0.25) is 9.59 Å². The molecule has 1 heterocycles. The predicted octanol–water partition coefficient (Wildman–Crippen LogP) is 4.93. The van der Waals surface area contributed by atoms with Crippen molar-refractivity contribution < 1.29 is 18.0 Å². The molecular weight excluding hydrogens is 571 g/mol. The number of carbonyl (C=O) groups is 2. The quantitative estimate of drug-likeness (QED) is 0.419. The standard InChI is InChI=1S/C29H28Cl2N4O4S/c1-35-24-13-7-6-12-21(24)25(19-10-4-2-5-11-19)32-26(27(35)36)33-28(37)29(16-8-3-9-17-29)34-40(38,39)20-14-15-22(30)23(31)18-20/h2,4-7,10-15,18,26,34H,3,8-9,16-17H2,1H3,(H,33,37). The van der Waals surface area contributed by atoms with Gasteiger partial charge in [-0.15, -0.1) is 0 Å². The highest BCUT2D eigenvalue weighted by Crippen LogP contribution is 2.33. The molecule has 2 N–H and O–H groups in total. The van der Waals surface area contributed by atoms with Gasteiger partial charge in [0.2, 0.25) is 22.1 Å². The van der Waals surface area contributed by atoms with Gasteiger partial charge in [0.25, 0.3) is 5.91 Å². The van der Waals surface area contributed by atoms with Crippen molar-refractivity contribution in [1.29, 1.82) is 0 Å². The smallest absolute Gasteiger partial charge is 0.272 e. The first kappa shape index (κ1) is 28.3. The lowest BCUT2D eigenvalue weighted by Gasteiger charge is -2.37. The molecule has 1 fully saturated rings. The molecule has 1 aliphatic heterocycles. The molecular formula is C29H28Cl2N4O4S. The van der Waals surface area contributed by atoms with Crippen molar-refractivity contribution in [1.82, 2.24) is 10.0 Å². The molecule has 208 valence electrons. The minimum atomic E-state index is -4.16. The van der Waals surface area contributed by atoms with Crippen LogP contribution in [-0.2, 0) is 19.6 Å². The van der Waals surface area contributed by atoms with E-state index in [4.69, 9.17) is 28.2 Å². The monoisotopic (exact) mass is 598 g/mol. The van der Waals surface area contributed by atoms with E-state index in [0.717, 1.165) is 17.5 Å². The van der Waals surface area contributed by atoms with E-state index >= 15 is 0 Å². The SMILES string of the molecule is CN1C(=O)C(NC(=O)C2(NS(=O)(=O)c3ccc(Cl)c(Cl)c3)CCCCC2)N=C(c2ccccc2)c2ccccc21. The molecule has 3 aromatic rings. The molecule has 11 heteroatoms. The number of hydrogen-bond donors (Lipinski definition) is 2. The summed E-state index contributed by atoms with van der Waals surface area (Å²) in [6.45, 7) is 0. The van der Waals surface area contributed by atoms with Crippen LogP contribution in [0.15, 0.2) is 82.7 Å². The summed E-state index contributed by atoms with van der Waals surface area (Å²) >= 11 is 12.1. The van der Waals surface area contributed by atoms with Crippen molar-refractivity contribution in [2.75, 3.05) is 11.9 Å². The number of amides is 2. The Hall–Kier alpha value is -3.24. The van der Waals surface area contributed by atoms with Gasteiger partial charge < -0.3 is 10.2 Å². The Morgan fingerprint density at radius 1 is 0.950 bits per heavy atom. The third kappa shape index (κ3) is 5.51. The normalized spacial score (nSPS) is 18.9. The number of para-hydroxylation sites is 1. The number of nitrogens with one attached hydrogen (secondary N) is 2. The molecule has 5 rings (SSSR count). The lowest BCUT2D eigenvalue weighted by molar-refractivity contribution is -0.132. The third-order valence-corrected chi connectivity index (χ3v) is 9.60. The zero-order valence-corrected chi connectivity index (χ0v) is 24.1. The Balaban J connectivity index is 1.51. The van der Waals surface area contributed by atoms with Crippen LogP contribution < -0.4 is 14.9 Å². The number of sulfonamides is 1. The van der Waals surface area contributed by atoms with Crippen LogP contribution in [0.5, 0.6) is 0 Å². The number of rotatable bonds is 6. The summed E-state index contributed by atoms with van der Waals surface area (Å²) in [6.07, 6.45) is 1.41. The van der Waals surface area contributed by atoms with Crippen molar-refractivity contribution in [3.05, 3.63) is 94.0 Å². The first-order valence-corrected chi connectivity index (χ1v) is 15.2. The van der Waals surface area contributed by atoms with Gasteiger partial charge in [0.15, 0.2) is 0 Å². The van der Waals surface area contributed by atoms with Crippen LogP contribution in [0.1, 0.15) is 43.2 Å². The molecule has 2 amide bonds. The number of anilines is 1. The van der Waals surface area contributed by atoms with E-state index in [-0.39, 0.29) is 27.8 Å². The molecule has 40 heavy (non-hydrogen) atoms. The summed E-state index contributed by atoms with van der Waals surface area (Å²) in [5.41, 5.74) is 1.26. The maximum atomic E-state index is 14.0. The van der Waals surface area contributed by atoms with Crippen molar-refractivity contribution in [3.8, 4) is 0 Å². The summed E-state index contributed by atoms with van der Waals surface area (Å²) < 4.78 is 29.5.